The lowest BCUT2D eigenvalue weighted by Gasteiger charge is -2.31. The van der Waals surface area contributed by atoms with Crippen LogP contribution in [-0.4, -0.2) is 54.1 Å². The van der Waals surface area contributed by atoms with Crippen molar-refractivity contribution in [2.24, 2.45) is 0 Å². The second kappa shape index (κ2) is 5.34. The number of anilines is 1. The van der Waals surface area contributed by atoms with E-state index >= 15 is 0 Å². The third-order valence-corrected chi connectivity index (χ3v) is 4.54. The van der Waals surface area contributed by atoms with Crippen LogP contribution in [0.4, 0.5) is 10.5 Å². The molecule has 6 nitrogen and oxygen atoms in total. The zero-order valence-corrected chi connectivity index (χ0v) is 11.7. The van der Waals surface area contributed by atoms with Crippen molar-refractivity contribution in [2.75, 3.05) is 37.0 Å². The maximum absolute atomic E-state index is 12.1. The summed E-state index contributed by atoms with van der Waals surface area (Å²) in [6, 6.07) is 5.62. The van der Waals surface area contributed by atoms with Crippen molar-refractivity contribution in [1.29, 1.82) is 0 Å². The number of hydrogen-bond donors (Lipinski definition) is 2. The van der Waals surface area contributed by atoms with Crippen LogP contribution in [0, 0.1) is 0 Å². The van der Waals surface area contributed by atoms with Crippen LogP contribution in [0.5, 0.6) is 0 Å². The Morgan fingerprint density at radius 2 is 2.05 bits per heavy atom. The molecule has 0 aliphatic carbocycles. The van der Waals surface area contributed by atoms with Gasteiger partial charge in [-0.15, -0.1) is 11.8 Å². The maximum atomic E-state index is 12.1. The molecule has 2 aliphatic heterocycles. The molecule has 3 rings (SSSR count). The second-order valence-corrected chi connectivity index (χ2v) is 5.69. The van der Waals surface area contributed by atoms with Gasteiger partial charge in [0.15, 0.2) is 0 Å². The Labute approximate surface area is 120 Å². The van der Waals surface area contributed by atoms with Crippen molar-refractivity contribution in [3.8, 4) is 0 Å². The predicted octanol–water partition coefficient (Wildman–Crippen LogP) is 1.28. The van der Waals surface area contributed by atoms with Gasteiger partial charge in [-0.2, -0.15) is 0 Å². The molecule has 0 atom stereocenters. The monoisotopic (exact) mass is 293 g/mol. The quantitative estimate of drug-likeness (QED) is 0.812. The number of nitrogens with one attached hydrogen (secondary N) is 1. The summed E-state index contributed by atoms with van der Waals surface area (Å²) in [6.45, 7) is 3.79. The molecular weight excluding hydrogens is 278 g/mol. The van der Waals surface area contributed by atoms with Gasteiger partial charge in [0.05, 0.1) is 11.4 Å². The number of imide groups is 1. The lowest BCUT2D eigenvalue weighted by Crippen LogP contribution is -2.43. The highest BCUT2D eigenvalue weighted by atomic mass is 32.2. The van der Waals surface area contributed by atoms with Gasteiger partial charge in [0, 0.05) is 36.8 Å². The molecule has 2 N–H and O–H groups in total. The fraction of sp³-hybridized carbons (Fsp3) is 0.385. The molecule has 0 bridgehead atoms. The summed E-state index contributed by atoms with van der Waals surface area (Å²) in [5.41, 5.74) is 1.57. The first kappa shape index (κ1) is 13.3. The Kier molecular flexibility index (Phi) is 3.54. The zero-order chi connectivity index (χ0) is 14.1. The van der Waals surface area contributed by atoms with E-state index in [0.29, 0.717) is 5.56 Å². The molecule has 7 heteroatoms. The average molecular weight is 293 g/mol. The normalized spacial score (nSPS) is 18.9. The number of nitrogens with zero attached hydrogens (tertiary/aromatic N) is 2. The molecule has 106 valence electrons. The molecule has 2 heterocycles. The highest BCUT2D eigenvalue weighted by Gasteiger charge is 2.29. The summed E-state index contributed by atoms with van der Waals surface area (Å²) in [7, 11) is 0. The van der Waals surface area contributed by atoms with Gasteiger partial charge in [0.1, 0.15) is 0 Å². The molecule has 2 amide bonds. The van der Waals surface area contributed by atoms with E-state index in [1.165, 1.54) is 11.8 Å². The summed E-state index contributed by atoms with van der Waals surface area (Å²) < 4.78 is 0. The summed E-state index contributed by atoms with van der Waals surface area (Å²) >= 11 is 1.39. The van der Waals surface area contributed by atoms with Crippen LogP contribution in [0.1, 0.15) is 10.4 Å². The SMILES string of the molecule is O=C(O)N1CSc2cc(N3CCNCC3)ccc2C1=O. The molecule has 1 fully saturated rings. The number of carbonyl (C=O) groups is 2. The van der Waals surface area contributed by atoms with Gasteiger partial charge in [0.25, 0.3) is 5.91 Å². The molecule has 0 aromatic heterocycles. The van der Waals surface area contributed by atoms with Crippen molar-refractivity contribution in [1.82, 2.24) is 10.2 Å². The Morgan fingerprint density at radius 3 is 2.75 bits per heavy atom. The van der Waals surface area contributed by atoms with Gasteiger partial charge in [-0.1, -0.05) is 0 Å². The van der Waals surface area contributed by atoms with Crippen LogP contribution < -0.4 is 10.2 Å². The second-order valence-electron chi connectivity index (χ2n) is 4.71. The van der Waals surface area contributed by atoms with Gasteiger partial charge in [-0.25, -0.2) is 9.69 Å². The number of amides is 2. The fourth-order valence-corrected chi connectivity index (χ4v) is 3.42. The molecular formula is C13H15N3O3S. The number of carboxylic acid groups (broad SMARTS) is 1. The average Bonchev–Trinajstić information content (AvgIpc) is 2.48. The molecule has 20 heavy (non-hydrogen) atoms. The van der Waals surface area contributed by atoms with Gasteiger partial charge < -0.3 is 15.3 Å². The standard InChI is InChI=1S/C13H15N3O3S/c17-12-10-2-1-9(15-5-3-14-4-6-15)7-11(10)20-8-16(12)13(18)19/h1-2,7,14H,3-6,8H2,(H,18,19). The molecule has 1 aromatic carbocycles. The van der Waals surface area contributed by atoms with Crippen molar-refractivity contribution in [3.63, 3.8) is 0 Å². The summed E-state index contributed by atoms with van der Waals surface area (Å²) in [5, 5.41) is 12.3. The van der Waals surface area contributed by atoms with E-state index in [0.717, 1.165) is 41.7 Å². The first-order valence-electron chi connectivity index (χ1n) is 6.44. The molecule has 0 spiro atoms. The topological polar surface area (TPSA) is 72.9 Å². The number of benzene rings is 1. The van der Waals surface area contributed by atoms with Crippen molar-refractivity contribution < 1.29 is 14.7 Å². The Bertz CT molecular complexity index is 558. The first-order chi connectivity index (χ1) is 9.66. The number of fused-ring (bicyclic) bond motifs is 1. The largest absolute Gasteiger partial charge is 0.465 e. The number of carbonyl (C=O) groups excluding carboxylic acids is 1. The van der Waals surface area contributed by atoms with Crippen molar-refractivity contribution in [3.05, 3.63) is 23.8 Å². The lowest BCUT2D eigenvalue weighted by molar-refractivity contribution is 0.0764. The number of rotatable bonds is 1. The molecule has 0 unspecified atom stereocenters. The number of hydrogen-bond acceptors (Lipinski definition) is 5. The number of thioether (sulfide) groups is 1. The van der Waals surface area contributed by atoms with E-state index in [9.17, 15) is 9.59 Å². The van der Waals surface area contributed by atoms with Crippen LogP contribution in [0.15, 0.2) is 23.1 Å². The highest BCUT2D eigenvalue weighted by molar-refractivity contribution is 7.99. The van der Waals surface area contributed by atoms with E-state index in [2.05, 4.69) is 10.2 Å². The van der Waals surface area contributed by atoms with E-state index < -0.39 is 12.0 Å². The lowest BCUT2D eigenvalue weighted by atomic mass is 10.1. The van der Waals surface area contributed by atoms with E-state index in [-0.39, 0.29) is 5.88 Å². The van der Waals surface area contributed by atoms with E-state index in [1.54, 1.807) is 6.07 Å². The van der Waals surface area contributed by atoms with Crippen LogP contribution in [0.2, 0.25) is 0 Å². The van der Waals surface area contributed by atoms with Crippen LogP contribution >= 0.6 is 11.8 Å². The molecule has 1 aromatic rings. The van der Waals surface area contributed by atoms with Gasteiger partial charge in [0.2, 0.25) is 0 Å². The zero-order valence-electron chi connectivity index (χ0n) is 10.8. The molecule has 0 saturated carbocycles. The summed E-state index contributed by atoms with van der Waals surface area (Å²) in [4.78, 5) is 27.0. The summed E-state index contributed by atoms with van der Waals surface area (Å²) in [6.07, 6.45) is -1.20. The minimum absolute atomic E-state index is 0.159. The smallest absolute Gasteiger partial charge is 0.415 e. The Morgan fingerprint density at radius 1 is 1.30 bits per heavy atom. The van der Waals surface area contributed by atoms with Crippen LogP contribution in [0.25, 0.3) is 0 Å². The van der Waals surface area contributed by atoms with Crippen LogP contribution in [-0.2, 0) is 0 Å². The Hall–Kier alpha value is -1.73. The highest BCUT2D eigenvalue weighted by Crippen LogP contribution is 2.33. The fourth-order valence-electron chi connectivity index (χ4n) is 2.41. The summed E-state index contributed by atoms with van der Waals surface area (Å²) in [5.74, 6) is -0.273. The minimum atomic E-state index is -1.20. The first-order valence-corrected chi connectivity index (χ1v) is 7.42. The molecule has 1 saturated heterocycles. The predicted molar refractivity (Wildman–Crippen MR) is 76.4 cm³/mol. The van der Waals surface area contributed by atoms with Gasteiger partial charge in [-0.05, 0) is 18.2 Å². The third-order valence-electron chi connectivity index (χ3n) is 3.50. The maximum Gasteiger partial charge on any atom is 0.415 e. The minimum Gasteiger partial charge on any atom is -0.465 e. The van der Waals surface area contributed by atoms with E-state index in [1.807, 2.05) is 12.1 Å². The van der Waals surface area contributed by atoms with Crippen molar-refractivity contribution >= 4 is 29.4 Å². The van der Waals surface area contributed by atoms with Crippen molar-refractivity contribution in [2.45, 2.75) is 4.90 Å². The molecule has 0 radical (unpaired) electrons. The molecule has 2 aliphatic rings. The van der Waals surface area contributed by atoms with E-state index in [4.69, 9.17) is 5.11 Å². The van der Waals surface area contributed by atoms with Gasteiger partial charge >= 0.3 is 6.09 Å². The number of piperazine rings is 1. The third kappa shape index (κ3) is 2.34. The van der Waals surface area contributed by atoms with Crippen LogP contribution in [0.3, 0.4) is 0 Å². The van der Waals surface area contributed by atoms with Gasteiger partial charge in [-0.3, -0.25) is 4.79 Å². The Balaban J connectivity index is 1.87.